The lowest BCUT2D eigenvalue weighted by atomic mass is 10.1. The van der Waals surface area contributed by atoms with E-state index in [1.54, 1.807) is 0 Å². The van der Waals surface area contributed by atoms with Crippen molar-refractivity contribution in [2.45, 2.75) is 6.92 Å². The molecule has 3 rings (SSSR count). The predicted octanol–water partition coefficient (Wildman–Crippen LogP) is 4.25. The highest BCUT2D eigenvalue weighted by Gasteiger charge is 2.06. The minimum absolute atomic E-state index is 0.193. The Hall–Kier alpha value is -2.40. The molecule has 0 saturated carbocycles. The molecule has 3 aromatic rings. The molecule has 5 heteroatoms. The summed E-state index contributed by atoms with van der Waals surface area (Å²) >= 11 is 3.46. The van der Waals surface area contributed by atoms with E-state index in [1.807, 2.05) is 55.5 Å². The molecule has 2 aromatic carbocycles. The molecule has 0 radical (unpaired) electrons. The summed E-state index contributed by atoms with van der Waals surface area (Å²) < 4.78 is 0.901. The van der Waals surface area contributed by atoms with E-state index < -0.39 is 0 Å². The largest absolute Gasteiger partial charge is 0.325 e. The van der Waals surface area contributed by atoms with Crippen LogP contribution in [0.4, 0.5) is 11.6 Å². The number of rotatable bonds is 3. The summed E-state index contributed by atoms with van der Waals surface area (Å²) in [7, 11) is 0. The van der Waals surface area contributed by atoms with Crippen LogP contribution < -0.4 is 10.9 Å². The van der Waals surface area contributed by atoms with Crippen LogP contribution in [-0.4, -0.2) is 9.97 Å². The number of nitrogens with one attached hydrogen (secondary N) is 2. The maximum Gasteiger partial charge on any atom is 0.252 e. The van der Waals surface area contributed by atoms with Crippen molar-refractivity contribution in [3.63, 3.8) is 0 Å². The highest BCUT2D eigenvalue weighted by molar-refractivity contribution is 9.10. The summed E-state index contributed by atoms with van der Waals surface area (Å²) in [5.41, 5.74) is 3.33. The second kappa shape index (κ2) is 6.15. The van der Waals surface area contributed by atoms with Crippen LogP contribution in [0, 0.1) is 6.92 Å². The Kier molecular flexibility index (Phi) is 4.06. The van der Waals surface area contributed by atoms with Crippen molar-refractivity contribution in [3.8, 4) is 11.3 Å². The van der Waals surface area contributed by atoms with Crippen LogP contribution in [0.5, 0.6) is 0 Å². The van der Waals surface area contributed by atoms with Gasteiger partial charge in [-0.05, 0) is 41.1 Å². The lowest BCUT2D eigenvalue weighted by Gasteiger charge is -2.09. The van der Waals surface area contributed by atoms with Crippen molar-refractivity contribution in [2.24, 2.45) is 0 Å². The number of aryl methyl sites for hydroxylation is 1. The van der Waals surface area contributed by atoms with E-state index in [-0.39, 0.29) is 5.56 Å². The van der Waals surface area contributed by atoms with Crippen molar-refractivity contribution in [3.05, 3.63) is 75.0 Å². The third kappa shape index (κ3) is 3.26. The molecule has 0 saturated heterocycles. The van der Waals surface area contributed by atoms with Gasteiger partial charge < -0.3 is 5.32 Å². The zero-order valence-corrected chi connectivity index (χ0v) is 13.5. The molecule has 22 heavy (non-hydrogen) atoms. The van der Waals surface area contributed by atoms with Gasteiger partial charge >= 0.3 is 0 Å². The maximum absolute atomic E-state index is 11.9. The van der Waals surface area contributed by atoms with Gasteiger partial charge in [0.05, 0.1) is 11.4 Å². The minimum atomic E-state index is -0.193. The number of aromatic amines is 1. The fourth-order valence-corrected chi connectivity index (χ4v) is 2.54. The van der Waals surface area contributed by atoms with Crippen molar-refractivity contribution in [1.82, 2.24) is 9.97 Å². The maximum atomic E-state index is 11.9. The van der Waals surface area contributed by atoms with Gasteiger partial charge in [-0.15, -0.1) is 0 Å². The van der Waals surface area contributed by atoms with Gasteiger partial charge in [-0.2, -0.15) is 0 Å². The first-order chi connectivity index (χ1) is 10.6. The average Bonchev–Trinajstić information content (AvgIpc) is 2.49. The molecule has 0 unspecified atom stereocenters. The molecule has 0 spiro atoms. The van der Waals surface area contributed by atoms with Crippen LogP contribution in [0.2, 0.25) is 0 Å². The molecule has 0 aliphatic heterocycles. The molecule has 110 valence electrons. The standard InChI is InChI=1S/C17H14BrN3O/c1-11-5-4-6-12(9-11)15-10-16(22)21-17(20-15)19-14-8-3-2-7-13(14)18/h2-10H,1H3,(H2,19,20,21,22). The number of halogens is 1. The van der Waals surface area contributed by atoms with E-state index in [0.717, 1.165) is 21.3 Å². The number of anilines is 2. The minimum Gasteiger partial charge on any atom is -0.325 e. The number of H-pyrrole nitrogens is 1. The van der Waals surface area contributed by atoms with E-state index in [9.17, 15) is 4.79 Å². The molecular formula is C17H14BrN3O. The lowest BCUT2D eigenvalue weighted by molar-refractivity contribution is 1.12. The van der Waals surface area contributed by atoms with Crippen molar-refractivity contribution < 1.29 is 0 Å². The zero-order chi connectivity index (χ0) is 15.5. The number of hydrogen-bond acceptors (Lipinski definition) is 3. The summed E-state index contributed by atoms with van der Waals surface area (Å²) in [6, 6.07) is 17.1. The fraction of sp³-hybridized carbons (Fsp3) is 0.0588. The molecule has 0 aliphatic rings. The molecule has 0 bridgehead atoms. The predicted molar refractivity (Wildman–Crippen MR) is 92.5 cm³/mol. The van der Waals surface area contributed by atoms with Crippen LogP contribution in [0.3, 0.4) is 0 Å². The third-order valence-electron chi connectivity index (χ3n) is 3.18. The molecule has 1 aromatic heterocycles. The topological polar surface area (TPSA) is 57.8 Å². The van der Waals surface area contributed by atoms with Gasteiger partial charge in [-0.3, -0.25) is 9.78 Å². The first-order valence-electron chi connectivity index (χ1n) is 6.82. The normalized spacial score (nSPS) is 10.5. The van der Waals surface area contributed by atoms with E-state index in [2.05, 4.69) is 31.2 Å². The van der Waals surface area contributed by atoms with Gasteiger partial charge in [0.1, 0.15) is 0 Å². The number of hydrogen-bond donors (Lipinski definition) is 2. The molecule has 0 fully saturated rings. The highest BCUT2D eigenvalue weighted by atomic mass is 79.9. The number of para-hydroxylation sites is 1. The van der Waals surface area contributed by atoms with Crippen molar-refractivity contribution in [1.29, 1.82) is 0 Å². The van der Waals surface area contributed by atoms with Crippen molar-refractivity contribution in [2.75, 3.05) is 5.32 Å². The van der Waals surface area contributed by atoms with Crippen LogP contribution >= 0.6 is 15.9 Å². The van der Waals surface area contributed by atoms with Crippen molar-refractivity contribution >= 4 is 27.6 Å². The van der Waals surface area contributed by atoms with E-state index in [0.29, 0.717) is 11.6 Å². The molecule has 4 nitrogen and oxygen atoms in total. The van der Waals surface area contributed by atoms with Gasteiger partial charge in [0.25, 0.3) is 5.56 Å². The lowest BCUT2D eigenvalue weighted by Crippen LogP contribution is -2.10. The van der Waals surface area contributed by atoms with Gasteiger partial charge in [0, 0.05) is 16.1 Å². The molecule has 1 heterocycles. The van der Waals surface area contributed by atoms with Gasteiger partial charge in [-0.25, -0.2) is 4.98 Å². The monoisotopic (exact) mass is 355 g/mol. The first kappa shape index (κ1) is 14.5. The van der Waals surface area contributed by atoms with Gasteiger partial charge in [0.2, 0.25) is 5.95 Å². The Balaban J connectivity index is 2.00. The van der Waals surface area contributed by atoms with E-state index in [1.165, 1.54) is 6.07 Å². The second-order valence-electron chi connectivity index (χ2n) is 4.95. The van der Waals surface area contributed by atoms with Gasteiger partial charge in [0.15, 0.2) is 0 Å². The van der Waals surface area contributed by atoms with Crippen LogP contribution in [0.25, 0.3) is 11.3 Å². The SMILES string of the molecule is Cc1cccc(-c2cc(=O)[nH]c(Nc3ccccc3Br)n2)c1. The van der Waals surface area contributed by atoms with E-state index in [4.69, 9.17) is 0 Å². The Morgan fingerprint density at radius 3 is 2.68 bits per heavy atom. The van der Waals surface area contributed by atoms with Gasteiger partial charge in [-0.1, -0.05) is 35.9 Å². The number of aromatic nitrogens is 2. The summed E-state index contributed by atoms with van der Waals surface area (Å²) in [5, 5.41) is 3.12. The molecule has 0 amide bonds. The molecule has 2 N–H and O–H groups in total. The second-order valence-corrected chi connectivity index (χ2v) is 5.81. The zero-order valence-electron chi connectivity index (χ0n) is 11.9. The van der Waals surface area contributed by atoms with E-state index >= 15 is 0 Å². The molecular weight excluding hydrogens is 342 g/mol. The smallest absolute Gasteiger partial charge is 0.252 e. The summed E-state index contributed by atoms with van der Waals surface area (Å²) in [6.07, 6.45) is 0. The summed E-state index contributed by atoms with van der Waals surface area (Å²) in [4.78, 5) is 19.1. The quantitative estimate of drug-likeness (QED) is 0.738. The molecule has 0 atom stereocenters. The third-order valence-corrected chi connectivity index (χ3v) is 3.87. The Morgan fingerprint density at radius 1 is 1.09 bits per heavy atom. The Morgan fingerprint density at radius 2 is 1.91 bits per heavy atom. The fourth-order valence-electron chi connectivity index (χ4n) is 2.16. The van der Waals surface area contributed by atoms with Crippen LogP contribution in [-0.2, 0) is 0 Å². The highest BCUT2D eigenvalue weighted by Crippen LogP contribution is 2.24. The molecule has 0 aliphatic carbocycles. The summed E-state index contributed by atoms with van der Waals surface area (Å²) in [6.45, 7) is 2.01. The number of nitrogens with zero attached hydrogens (tertiary/aromatic N) is 1. The first-order valence-corrected chi connectivity index (χ1v) is 7.61. The Labute approximate surface area is 136 Å². The van der Waals surface area contributed by atoms with Crippen LogP contribution in [0.1, 0.15) is 5.56 Å². The number of benzene rings is 2. The Bertz CT molecular complexity index is 874. The summed E-state index contributed by atoms with van der Waals surface area (Å²) in [5.74, 6) is 0.413. The average molecular weight is 356 g/mol. The van der Waals surface area contributed by atoms with Crippen LogP contribution in [0.15, 0.2) is 63.9 Å².